The van der Waals surface area contributed by atoms with Crippen LogP contribution in [0, 0.1) is 17.3 Å². The van der Waals surface area contributed by atoms with Crippen molar-refractivity contribution in [1.29, 1.82) is 0 Å². The van der Waals surface area contributed by atoms with Gasteiger partial charge in [-0.15, -0.1) is 0 Å². The van der Waals surface area contributed by atoms with Crippen LogP contribution >= 0.6 is 0 Å². The summed E-state index contributed by atoms with van der Waals surface area (Å²) < 4.78 is 0. The molecular weight excluding hydrogens is 132 g/mol. The first kappa shape index (κ1) is 7.39. The molecule has 0 nitrogen and oxygen atoms in total. The Morgan fingerprint density at radius 1 is 1.45 bits per heavy atom. The van der Waals surface area contributed by atoms with E-state index in [1.807, 2.05) is 0 Å². The summed E-state index contributed by atoms with van der Waals surface area (Å²) in [6.45, 7) is 7.17. The van der Waals surface area contributed by atoms with Crippen LogP contribution in [0.1, 0.15) is 40.0 Å². The lowest BCUT2D eigenvalue weighted by molar-refractivity contribution is 0.549. The largest absolute Gasteiger partial charge is 0.0845 e. The smallest absolute Gasteiger partial charge is 0.00875 e. The summed E-state index contributed by atoms with van der Waals surface area (Å²) in [5.74, 6) is 1.88. The van der Waals surface area contributed by atoms with Crippen LogP contribution in [0.2, 0.25) is 0 Å². The van der Waals surface area contributed by atoms with Crippen LogP contribution in [0.5, 0.6) is 0 Å². The van der Waals surface area contributed by atoms with Crippen molar-refractivity contribution in [3.63, 3.8) is 0 Å². The Labute approximate surface area is 69.7 Å². The maximum absolute atomic E-state index is 2.49. The molecule has 0 aromatic heterocycles. The standard InChI is InChI=1S/C11H18/c1-8-4-5-10(6-8)11(3)7-9(11)2/h5,8-9H,4,6-7H2,1-3H3. The van der Waals surface area contributed by atoms with Crippen LogP contribution in [-0.4, -0.2) is 0 Å². The highest BCUT2D eigenvalue weighted by Gasteiger charge is 2.49. The van der Waals surface area contributed by atoms with E-state index in [0.717, 1.165) is 11.8 Å². The highest BCUT2D eigenvalue weighted by Crippen LogP contribution is 2.59. The fourth-order valence-electron chi connectivity index (χ4n) is 2.38. The highest BCUT2D eigenvalue weighted by molar-refractivity contribution is 5.26. The zero-order valence-corrected chi connectivity index (χ0v) is 7.85. The van der Waals surface area contributed by atoms with Crippen molar-refractivity contribution in [2.24, 2.45) is 17.3 Å². The maximum atomic E-state index is 2.49. The molecule has 0 N–H and O–H groups in total. The fraction of sp³-hybridized carbons (Fsp3) is 0.818. The Morgan fingerprint density at radius 3 is 2.45 bits per heavy atom. The summed E-state index contributed by atoms with van der Waals surface area (Å²) in [5, 5.41) is 0. The molecule has 1 fully saturated rings. The molecule has 0 amide bonds. The number of allylic oxidation sites excluding steroid dienone is 2. The highest BCUT2D eigenvalue weighted by atomic mass is 14.5. The molecule has 2 aliphatic rings. The van der Waals surface area contributed by atoms with Gasteiger partial charge < -0.3 is 0 Å². The molecule has 11 heavy (non-hydrogen) atoms. The van der Waals surface area contributed by atoms with E-state index < -0.39 is 0 Å². The van der Waals surface area contributed by atoms with Gasteiger partial charge in [0.15, 0.2) is 0 Å². The third kappa shape index (κ3) is 1.04. The molecule has 0 saturated heterocycles. The maximum Gasteiger partial charge on any atom is -0.00875 e. The second-order valence-electron chi connectivity index (χ2n) is 4.80. The van der Waals surface area contributed by atoms with Crippen molar-refractivity contribution in [2.45, 2.75) is 40.0 Å². The summed E-state index contributed by atoms with van der Waals surface area (Å²) in [5.41, 5.74) is 2.39. The summed E-state index contributed by atoms with van der Waals surface area (Å²) in [7, 11) is 0. The van der Waals surface area contributed by atoms with Crippen LogP contribution in [0.15, 0.2) is 11.6 Å². The lowest BCUT2D eigenvalue weighted by Crippen LogP contribution is -2.00. The van der Waals surface area contributed by atoms with Gasteiger partial charge in [-0.05, 0) is 36.5 Å². The van der Waals surface area contributed by atoms with Gasteiger partial charge in [0.1, 0.15) is 0 Å². The molecular formula is C11H18. The van der Waals surface area contributed by atoms with E-state index >= 15 is 0 Å². The Balaban J connectivity index is 2.08. The van der Waals surface area contributed by atoms with Crippen molar-refractivity contribution in [3.05, 3.63) is 11.6 Å². The van der Waals surface area contributed by atoms with Gasteiger partial charge >= 0.3 is 0 Å². The van der Waals surface area contributed by atoms with Gasteiger partial charge in [0.25, 0.3) is 0 Å². The molecule has 0 heterocycles. The monoisotopic (exact) mass is 150 g/mol. The van der Waals surface area contributed by atoms with Crippen molar-refractivity contribution in [2.75, 3.05) is 0 Å². The second kappa shape index (κ2) is 2.12. The molecule has 3 atom stereocenters. The van der Waals surface area contributed by atoms with Crippen LogP contribution in [0.4, 0.5) is 0 Å². The van der Waals surface area contributed by atoms with E-state index in [2.05, 4.69) is 26.8 Å². The van der Waals surface area contributed by atoms with E-state index in [-0.39, 0.29) is 0 Å². The molecule has 2 aliphatic carbocycles. The Morgan fingerprint density at radius 2 is 2.09 bits per heavy atom. The first-order valence-electron chi connectivity index (χ1n) is 4.82. The summed E-state index contributed by atoms with van der Waals surface area (Å²) in [6, 6.07) is 0. The predicted octanol–water partition coefficient (Wildman–Crippen LogP) is 3.39. The minimum Gasteiger partial charge on any atom is -0.0845 e. The molecule has 3 unspecified atom stereocenters. The third-order valence-corrected chi connectivity index (χ3v) is 3.73. The van der Waals surface area contributed by atoms with Gasteiger partial charge in [-0.2, -0.15) is 0 Å². The molecule has 2 rings (SSSR count). The SMILES string of the molecule is CC1CC=C(C2(C)CC2C)C1. The number of hydrogen-bond donors (Lipinski definition) is 0. The average Bonchev–Trinajstić information content (AvgIpc) is 2.44. The van der Waals surface area contributed by atoms with Crippen molar-refractivity contribution in [3.8, 4) is 0 Å². The van der Waals surface area contributed by atoms with Crippen molar-refractivity contribution in [1.82, 2.24) is 0 Å². The summed E-state index contributed by atoms with van der Waals surface area (Å²) >= 11 is 0. The van der Waals surface area contributed by atoms with Gasteiger partial charge in [0.2, 0.25) is 0 Å². The Kier molecular flexibility index (Phi) is 1.42. The van der Waals surface area contributed by atoms with E-state index in [4.69, 9.17) is 0 Å². The van der Waals surface area contributed by atoms with Gasteiger partial charge in [-0.25, -0.2) is 0 Å². The lowest BCUT2D eigenvalue weighted by atomic mass is 9.93. The molecule has 0 heteroatoms. The molecule has 0 spiro atoms. The quantitative estimate of drug-likeness (QED) is 0.503. The normalized spacial score (nSPS) is 49.2. The zero-order chi connectivity index (χ0) is 8.06. The molecule has 0 bridgehead atoms. The minimum absolute atomic E-state index is 0.630. The first-order valence-corrected chi connectivity index (χ1v) is 4.82. The summed E-state index contributed by atoms with van der Waals surface area (Å²) in [4.78, 5) is 0. The van der Waals surface area contributed by atoms with Gasteiger partial charge in [-0.1, -0.05) is 32.4 Å². The molecule has 62 valence electrons. The Bertz CT molecular complexity index is 202. The van der Waals surface area contributed by atoms with Gasteiger partial charge in [0, 0.05) is 0 Å². The molecule has 0 aromatic carbocycles. The van der Waals surface area contributed by atoms with Gasteiger partial charge in [0.05, 0.1) is 0 Å². The van der Waals surface area contributed by atoms with Crippen LogP contribution in [-0.2, 0) is 0 Å². The fourth-order valence-corrected chi connectivity index (χ4v) is 2.38. The van der Waals surface area contributed by atoms with E-state index in [9.17, 15) is 0 Å². The number of rotatable bonds is 1. The molecule has 0 aromatic rings. The van der Waals surface area contributed by atoms with Crippen LogP contribution in [0.25, 0.3) is 0 Å². The van der Waals surface area contributed by atoms with Crippen molar-refractivity contribution < 1.29 is 0 Å². The van der Waals surface area contributed by atoms with Crippen LogP contribution in [0.3, 0.4) is 0 Å². The average molecular weight is 150 g/mol. The Hall–Kier alpha value is -0.260. The minimum atomic E-state index is 0.630. The van der Waals surface area contributed by atoms with E-state index in [0.29, 0.717) is 5.41 Å². The molecule has 1 saturated carbocycles. The predicted molar refractivity (Wildman–Crippen MR) is 48.4 cm³/mol. The van der Waals surface area contributed by atoms with E-state index in [1.54, 1.807) is 5.57 Å². The topological polar surface area (TPSA) is 0 Å². The summed E-state index contributed by atoms with van der Waals surface area (Å²) in [6.07, 6.45) is 6.64. The molecule has 0 aliphatic heterocycles. The zero-order valence-electron chi connectivity index (χ0n) is 7.85. The molecule has 0 radical (unpaired) electrons. The van der Waals surface area contributed by atoms with Gasteiger partial charge in [-0.3, -0.25) is 0 Å². The first-order chi connectivity index (χ1) is 5.13. The second-order valence-corrected chi connectivity index (χ2v) is 4.80. The number of hydrogen-bond acceptors (Lipinski definition) is 0. The van der Waals surface area contributed by atoms with E-state index in [1.165, 1.54) is 19.3 Å². The van der Waals surface area contributed by atoms with Crippen LogP contribution < -0.4 is 0 Å². The third-order valence-electron chi connectivity index (χ3n) is 3.73. The lowest BCUT2D eigenvalue weighted by Gasteiger charge is -2.12. The van der Waals surface area contributed by atoms with Crippen molar-refractivity contribution >= 4 is 0 Å².